The Hall–Kier alpha value is -1.32. The van der Waals surface area contributed by atoms with Crippen molar-refractivity contribution < 1.29 is 0 Å². The van der Waals surface area contributed by atoms with Crippen molar-refractivity contribution in [2.24, 2.45) is 18.7 Å². The normalized spacial score (nSPS) is 12.6. The molecule has 0 bridgehead atoms. The highest BCUT2D eigenvalue weighted by Crippen LogP contribution is 2.23. The molecule has 0 fully saturated rings. The van der Waals surface area contributed by atoms with Crippen LogP contribution in [0.5, 0.6) is 0 Å². The minimum Gasteiger partial charge on any atom is -0.330 e. The number of benzene rings is 1. The van der Waals surface area contributed by atoms with Crippen molar-refractivity contribution in [2.75, 3.05) is 6.54 Å². The third-order valence-corrected chi connectivity index (χ3v) is 3.94. The number of rotatable bonds is 5. The Morgan fingerprint density at radius 3 is 2.47 bits per heavy atom. The highest BCUT2D eigenvalue weighted by molar-refractivity contribution is 6.30. The van der Waals surface area contributed by atoms with Crippen molar-refractivity contribution in [1.82, 2.24) is 9.78 Å². The van der Waals surface area contributed by atoms with Gasteiger partial charge in [-0.3, -0.25) is 4.68 Å². The molecule has 1 aromatic carbocycles. The molecule has 0 saturated carbocycles. The van der Waals surface area contributed by atoms with Crippen molar-refractivity contribution in [3.05, 3.63) is 52.3 Å². The first-order valence-electron chi connectivity index (χ1n) is 6.53. The van der Waals surface area contributed by atoms with Gasteiger partial charge in [0.1, 0.15) is 5.15 Å². The van der Waals surface area contributed by atoms with Gasteiger partial charge in [-0.05, 0) is 37.8 Å². The summed E-state index contributed by atoms with van der Waals surface area (Å²) in [7, 11) is 1.87. The number of nitrogens with two attached hydrogens (primary N) is 1. The summed E-state index contributed by atoms with van der Waals surface area (Å²) in [6.07, 6.45) is 1.85. The van der Waals surface area contributed by atoms with Crippen LogP contribution in [0, 0.1) is 12.8 Å². The standard InChI is InChI=1S/C15H20ClN3/c1-11-14(15(16)19(2)18-11)9-13(10-17)8-12-6-4-3-5-7-12/h3-7,13H,8-10,17H2,1-2H3. The van der Waals surface area contributed by atoms with Gasteiger partial charge in [0, 0.05) is 12.6 Å². The molecule has 1 aromatic heterocycles. The zero-order chi connectivity index (χ0) is 13.8. The average molecular weight is 278 g/mol. The summed E-state index contributed by atoms with van der Waals surface area (Å²) in [6, 6.07) is 10.4. The summed E-state index contributed by atoms with van der Waals surface area (Å²) in [5, 5.41) is 5.07. The summed E-state index contributed by atoms with van der Waals surface area (Å²) in [4.78, 5) is 0. The predicted octanol–water partition coefficient (Wildman–Crippen LogP) is 2.74. The highest BCUT2D eigenvalue weighted by atomic mass is 35.5. The van der Waals surface area contributed by atoms with E-state index in [1.54, 1.807) is 4.68 Å². The van der Waals surface area contributed by atoms with Crippen LogP contribution in [0.25, 0.3) is 0 Å². The topological polar surface area (TPSA) is 43.8 Å². The molecule has 0 spiro atoms. The number of halogens is 1. The largest absolute Gasteiger partial charge is 0.330 e. The molecular weight excluding hydrogens is 258 g/mol. The molecular formula is C15H20ClN3. The Bertz CT molecular complexity index is 534. The fourth-order valence-electron chi connectivity index (χ4n) is 2.38. The van der Waals surface area contributed by atoms with Crippen LogP contribution in [0.1, 0.15) is 16.8 Å². The number of aromatic nitrogens is 2. The van der Waals surface area contributed by atoms with Gasteiger partial charge in [0.2, 0.25) is 0 Å². The van der Waals surface area contributed by atoms with E-state index in [9.17, 15) is 0 Å². The fourth-order valence-corrected chi connectivity index (χ4v) is 2.63. The molecule has 3 nitrogen and oxygen atoms in total. The van der Waals surface area contributed by atoms with Crippen molar-refractivity contribution in [3.63, 3.8) is 0 Å². The molecule has 19 heavy (non-hydrogen) atoms. The van der Waals surface area contributed by atoms with E-state index < -0.39 is 0 Å². The van der Waals surface area contributed by atoms with Crippen LogP contribution in [0.2, 0.25) is 5.15 Å². The Kier molecular flexibility index (Phi) is 4.61. The van der Waals surface area contributed by atoms with Crippen LogP contribution in [-0.4, -0.2) is 16.3 Å². The third kappa shape index (κ3) is 3.37. The first-order valence-corrected chi connectivity index (χ1v) is 6.91. The molecule has 0 aliphatic carbocycles. The SMILES string of the molecule is Cc1nn(C)c(Cl)c1CC(CN)Cc1ccccc1. The fraction of sp³-hybridized carbons (Fsp3) is 0.400. The number of hydrogen-bond donors (Lipinski definition) is 1. The lowest BCUT2D eigenvalue weighted by atomic mass is 9.93. The van der Waals surface area contributed by atoms with Crippen LogP contribution >= 0.6 is 11.6 Å². The maximum atomic E-state index is 6.28. The molecule has 0 saturated heterocycles. The van der Waals surface area contributed by atoms with Gasteiger partial charge in [0.25, 0.3) is 0 Å². The number of hydrogen-bond acceptors (Lipinski definition) is 2. The van der Waals surface area contributed by atoms with Gasteiger partial charge in [0.05, 0.1) is 5.69 Å². The van der Waals surface area contributed by atoms with Crippen LogP contribution < -0.4 is 5.73 Å². The zero-order valence-corrected chi connectivity index (χ0v) is 12.2. The molecule has 4 heteroatoms. The molecule has 102 valence electrons. The van der Waals surface area contributed by atoms with E-state index >= 15 is 0 Å². The summed E-state index contributed by atoms with van der Waals surface area (Å²) >= 11 is 6.28. The minimum atomic E-state index is 0.391. The lowest BCUT2D eigenvalue weighted by Gasteiger charge is -2.14. The molecule has 0 aliphatic rings. The van der Waals surface area contributed by atoms with Gasteiger partial charge in [0.15, 0.2) is 0 Å². The maximum Gasteiger partial charge on any atom is 0.130 e. The third-order valence-electron chi connectivity index (χ3n) is 3.46. The summed E-state index contributed by atoms with van der Waals surface area (Å²) in [5.41, 5.74) is 9.34. The quantitative estimate of drug-likeness (QED) is 0.913. The maximum absolute atomic E-state index is 6.28. The van der Waals surface area contributed by atoms with E-state index in [1.807, 2.05) is 20.0 Å². The molecule has 1 atom stereocenters. The van der Waals surface area contributed by atoms with Gasteiger partial charge in [-0.1, -0.05) is 41.9 Å². The Morgan fingerprint density at radius 1 is 1.26 bits per heavy atom. The molecule has 0 amide bonds. The monoisotopic (exact) mass is 277 g/mol. The number of nitrogens with zero attached hydrogens (tertiary/aromatic N) is 2. The van der Waals surface area contributed by atoms with E-state index in [2.05, 4.69) is 29.4 Å². The second-order valence-corrected chi connectivity index (χ2v) is 5.33. The number of aryl methyl sites for hydroxylation is 2. The van der Waals surface area contributed by atoms with Gasteiger partial charge in [-0.25, -0.2) is 0 Å². The first-order chi connectivity index (χ1) is 9.11. The van der Waals surface area contributed by atoms with Gasteiger partial charge in [-0.15, -0.1) is 0 Å². The molecule has 2 rings (SSSR count). The molecule has 2 aromatic rings. The van der Waals surface area contributed by atoms with Crippen LogP contribution in [0.15, 0.2) is 30.3 Å². The second-order valence-electron chi connectivity index (χ2n) is 4.97. The minimum absolute atomic E-state index is 0.391. The zero-order valence-electron chi connectivity index (χ0n) is 11.4. The van der Waals surface area contributed by atoms with Crippen LogP contribution in [0.3, 0.4) is 0 Å². The van der Waals surface area contributed by atoms with Crippen LogP contribution in [-0.2, 0) is 19.9 Å². The summed E-state index contributed by atoms with van der Waals surface area (Å²) in [6.45, 7) is 2.65. The second kappa shape index (κ2) is 6.22. The van der Waals surface area contributed by atoms with Crippen LogP contribution in [0.4, 0.5) is 0 Å². The average Bonchev–Trinajstić information content (AvgIpc) is 2.65. The van der Waals surface area contributed by atoms with E-state index in [0.717, 1.165) is 29.3 Å². The van der Waals surface area contributed by atoms with Crippen molar-refractivity contribution in [3.8, 4) is 0 Å². The molecule has 0 radical (unpaired) electrons. The van der Waals surface area contributed by atoms with Gasteiger partial charge < -0.3 is 5.73 Å². The Labute approximate surface area is 119 Å². The Morgan fingerprint density at radius 2 is 1.95 bits per heavy atom. The van der Waals surface area contributed by atoms with E-state index in [1.165, 1.54) is 5.56 Å². The molecule has 2 N–H and O–H groups in total. The lowest BCUT2D eigenvalue weighted by molar-refractivity contribution is 0.532. The highest BCUT2D eigenvalue weighted by Gasteiger charge is 2.16. The lowest BCUT2D eigenvalue weighted by Crippen LogP contribution is -2.19. The van der Waals surface area contributed by atoms with Gasteiger partial charge in [-0.2, -0.15) is 5.10 Å². The first kappa shape index (κ1) is 14.1. The predicted molar refractivity (Wildman–Crippen MR) is 79.3 cm³/mol. The van der Waals surface area contributed by atoms with E-state index in [0.29, 0.717) is 12.5 Å². The summed E-state index contributed by atoms with van der Waals surface area (Å²) < 4.78 is 1.72. The van der Waals surface area contributed by atoms with E-state index in [4.69, 9.17) is 17.3 Å². The summed E-state index contributed by atoms with van der Waals surface area (Å²) in [5.74, 6) is 0.391. The van der Waals surface area contributed by atoms with E-state index in [-0.39, 0.29) is 0 Å². The van der Waals surface area contributed by atoms with Crippen molar-refractivity contribution >= 4 is 11.6 Å². The smallest absolute Gasteiger partial charge is 0.130 e. The van der Waals surface area contributed by atoms with Crippen molar-refractivity contribution in [2.45, 2.75) is 19.8 Å². The van der Waals surface area contributed by atoms with Crippen molar-refractivity contribution in [1.29, 1.82) is 0 Å². The molecule has 0 aliphatic heterocycles. The Balaban J connectivity index is 2.11. The molecule has 1 unspecified atom stereocenters. The molecule has 1 heterocycles. The van der Waals surface area contributed by atoms with Gasteiger partial charge >= 0.3 is 0 Å².